The van der Waals surface area contributed by atoms with Crippen molar-refractivity contribution in [1.82, 2.24) is 14.7 Å². The fourth-order valence-electron chi connectivity index (χ4n) is 3.80. The Morgan fingerprint density at radius 1 is 0.929 bits per heavy atom. The van der Waals surface area contributed by atoms with Crippen molar-refractivity contribution in [1.29, 1.82) is 0 Å². The molecule has 152 valence electrons. The molecule has 0 bridgehead atoms. The van der Waals surface area contributed by atoms with Crippen LogP contribution in [0.5, 0.6) is 11.5 Å². The highest BCUT2D eigenvalue weighted by atomic mass is 16.6. The van der Waals surface area contributed by atoms with Crippen LogP contribution in [0.25, 0.3) is 0 Å². The maximum atomic E-state index is 13.0. The van der Waals surface area contributed by atoms with Gasteiger partial charge in [-0.3, -0.25) is 14.5 Å². The molecule has 1 aromatic carbocycles. The van der Waals surface area contributed by atoms with Crippen molar-refractivity contribution in [2.24, 2.45) is 0 Å². The smallest absolute Gasteiger partial charge is 0.267 e. The first-order chi connectivity index (χ1) is 13.6. The fraction of sp³-hybridized carbons (Fsp3) is 0.600. The summed E-state index contributed by atoms with van der Waals surface area (Å²) in [7, 11) is 0. The number of morpholine rings is 1. The number of carbonyl (C=O) groups is 2. The number of fused-ring (bicyclic) bond motifs is 1. The lowest BCUT2D eigenvalue weighted by molar-refractivity contribution is -0.149. The maximum absolute atomic E-state index is 13.0. The average molecular weight is 389 g/mol. The third-order valence-electron chi connectivity index (χ3n) is 5.49. The zero-order valence-corrected chi connectivity index (χ0v) is 16.2. The molecule has 0 aromatic heterocycles. The molecule has 2 saturated heterocycles. The van der Waals surface area contributed by atoms with E-state index >= 15 is 0 Å². The van der Waals surface area contributed by atoms with Gasteiger partial charge in [0.2, 0.25) is 12.0 Å². The zero-order chi connectivity index (χ0) is 19.5. The Labute approximate surface area is 164 Å². The molecule has 2 fully saturated rings. The molecule has 2 atom stereocenters. The molecule has 0 N–H and O–H groups in total. The van der Waals surface area contributed by atoms with Crippen LogP contribution >= 0.6 is 0 Å². The Balaban J connectivity index is 1.30. The molecule has 28 heavy (non-hydrogen) atoms. The van der Waals surface area contributed by atoms with Crippen molar-refractivity contribution in [3.63, 3.8) is 0 Å². The monoisotopic (exact) mass is 389 g/mol. The second kappa shape index (κ2) is 8.36. The Morgan fingerprint density at radius 3 is 2.21 bits per heavy atom. The number of benzene rings is 1. The second-order valence-electron chi connectivity index (χ2n) is 7.40. The average Bonchev–Trinajstić information content (AvgIpc) is 2.73. The molecule has 3 aliphatic heterocycles. The van der Waals surface area contributed by atoms with Crippen molar-refractivity contribution in [2.75, 3.05) is 59.0 Å². The second-order valence-corrected chi connectivity index (χ2v) is 7.40. The normalized spacial score (nSPS) is 25.5. The van der Waals surface area contributed by atoms with Crippen LogP contribution in [0.1, 0.15) is 6.92 Å². The third-order valence-corrected chi connectivity index (χ3v) is 5.49. The van der Waals surface area contributed by atoms with Gasteiger partial charge in [-0.1, -0.05) is 12.1 Å². The Kier molecular flexibility index (Phi) is 5.68. The van der Waals surface area contributed by atoms with Crippen molar-refractivity contribution in [2.45, 2.75) is 19.1 Å². The Bertz CT molecular complexity index is 714. The van der Waals surface area contributed by atoms with Gasteiger partial charge >= 0.3 is 0 Å². The lowest BCUT2D eigenvalue weighted by Gasteiger charge is -2.39. The predicted octanol–water partition coefficient (Wildman–Crippen LogP) is 0.218. The number of rotatable bonds is 3. The van der Waals surface area contributed by atoms with Crippen molar-refractivity contribution in [3.8, 4) is 11.5 Å². The molecule has 8 nitrogen and oxygen atoms in total. The fourth-order valence-corrected chi connectivity index (χ4v) is 3.80. The number of hydrogen-bond donors (Lipinski definition) is 0. The van der Waals surface area contributed by atoms with Crippen molar-refractivity contribution in [3.05, 3.63) is 24.3 Å². The van der Waals surface area contributed by atoms with Crippen LogP contribution in [-0.2, 0) is 14.3 Å². The lowest BCUT2D eigenvalue weighted by Crippen LogP contribution is -2.57. The molecular weight excluding hydrogens is 362 g/mol. The van der Waals surface area contributed by atoms with Gasteiger partial charge < -0.3 is 24.0 Å². The van der Waals surface area contributed by atoms with Gasteiger partial charge in [-0.2, -0.15) is 0 Å². The van der Waals surface area contributed by atoms with Gasteiger partial charge in [-0.25, -0.2) is 0 Å². The molecule has 2 unspecified atom stereocenters. The quantitative estimate of drug-likeness (QED) is 0.737. The summed E-state index contributed by atoms with van der Waals surface area (Å²) >= 11 is 0. The number of nitrogens with zero attached hydrogens (tertiary/aromatic N) is 3. The van der Waals surface area contributed by atoms with E-state index < -0.39 is 6.10 Å². The van der Waals surface area contributed by atoms with Gasteiger partial charge in [0, 0.05) is 39.3 Å². The van der Waals surface area contributed by atoms with Crippen LogP contribution < -0.4 is 9.47 Å². The van der Waals surface area contributed by atoms with Crippen molar-refractivity contribution < 1.29 is 23.8 Å². The molecule has 3 heterocycles. The number of piperazine rings is 1. The standard InChI is InChI=1S/C20H27N3O5/c1-15-19(28-17-5-3-2-4-16(17)27-15)20(25)23-8-6-22(7-9-23)18(24)14-21-10-12-26-13-11-21/h2-5,15,19H,6-14H2,1H3. The molecule has 3 aliphatic rings. The van der Waals surface area contributed by atoms with Gasteiger partial charge in [0.15, 0.2) is 11.5 Å². The first-order valence-corrected chi connectivity index (χ1v) is 9.91. The minimum atomic E-state index is -0.662. The summed E-state index contributed by atoms with van der Waals surface area (Å²) < 4.78 is 17.1. The van der Waals surface area contributed by atoms with Crippen LogP contribution in [0.4, 0.5) is 0 Å². The summed E-state index contributed by atoms with van der Waals surface area (Å²) in [5.74, 6) is 1.30. The summed E-state index contributed by atoms with van der Waals surface area (Å²) in [5, 5.41) is 0. The number of carbonyl (C=O) groups excluding carboxylic acids is 2. The van der Waals surface area contributed by atoms with Gasteiger partial charge in [0.25, 0.3) is 5.91 Å². The van der Waals surface area contributed by atoms with Gasteiger partial charge in [0.05, 0.1) is 19.8 Å². The topological polar surface area (TPSA) is 71.6 Å². The highest BCUT2D eigenvalue weighted by Gasteiger charge is 2.38. The maximum Gasteiger partial charge on any atom is 0.267 e. The number of amides is 2. The first-order valence-electron chi connectivity index (χ1n) is 9.91. The van der Waals surface area contributed by atoms with Crippen LogP contribution in [0.2, 0.25) is 0 Å². The van der Waals surface area contributed by atoms with Crippen LogP contribution in [0.15, 0.2) is 24.3 Å². The minimum absolute atomic E-state index is 0.0812. The molecule has 1 aromatic rings. The number of hydrogen-bond acceptors (Lipinski definition) is 6. The molecule has 2 amide bonds. The Morgan fingerprint density at radius 2 is 1.54 bits per heavy atom. The summed E-state index contributed by atoms with van der Waals surface area (Å²) in [6, 6.07) is 7.39. The van der Waals surface area contributed by atoms with E-state index in [1.165, 1.54) is 0 Å². The third kappa shape index (κ3) is 4.07. The summed E-state index contributed by atoms with van der Waals surface area (Å²) in [6.45, 7) is 7.35. The van der Waals surface area contributed by atoms with E-state index in [2.05, 4.69) is 4.90 Å². The summed E-state index contributed by atoms with van der Waals surface area (Å²) in [4.78, 5) is 31.2. The van der Waals surface area contributed by atoms with E-state index in [4.69, 9.17) is 14.2 Å². The van der Waals surface area contributed by atoms with Crippen LogP contribution in [0.3, 0.4) is 0 Å². The Hall–Kier alpha value is -2.32. The molecule has 0 aliphatic carbocycles. The van der Waals surface area contributed by atoms with E-state index in [1.807, 2.05) is 36.1 Å². The number of para-hydroxylation sites is 2. The highest BCUT2D eigenvalue weighted by Crippen LogP contribution is 2.34. The van der Waals surface area contributed by atoms with E-state index in [0.29, 0.717) is 57.4 Å². The van der Waals surface area contributed by atoms with E-state index in [-0.39, 0.29) is 17.9 Å². The number of ether oxygens (including phenoxy) is 3. The van der Waals surface area contributed by atoms with Crippen LogP contribution in [-0.4, -0.2) is 97.7 Å². The SMILES string of the molecule is CC1Oc2ccccc2OC1C(=O)N1CCN(C(=O)CN2CCOCC2)CC1. The predicted molar refractivity (Wildman–Crippen MR) is 101 cm³/mol. The van der Waals surface area contributed by atoms with E-state index in [1.54, 1.807) is 4.90 Å². The van der Waals surface area contributed by atoms with Crippen molar-refractivity contribution >= 4 is 11.8 Å². The lowest BCUT2D eigenvalue weighted by atomic mass is 10.1. The molecule has 8 heteroatoms. The largest absolute Gasteiger partial charge is 0.482 e. The van der Waals surface area contributed by atoms with E-state index in [0.717, 1.165) is 13.1 Å². The zero-order valence-electron chi connectivity index (χ0n) is 16.2. The molecule has 4 rings (SSSR count). The van der Waals surface area contributed by atoms with Crippen LogP contribution in [0, 0.1) is 0 Å². The summed E-state index contributed by atoms with van der Waals surface area (Å²) in [6.07, 6.45) is -1.02. The summed E-state index contributed by atoms with van der Waals surface area (Å²) in [5.41, 5.74) is 0. The molecular formula is C20H27N3O5. The van der Waals surface area contributed by atoms with Gasteiger partial charge in [0.1, 0.15) is 6.10 Å². The first kappa shape index (κ1) is 19.0. The highest BCUT2D eigenvalue weighted by molar-refractivity contribution is 5.83. The van der Waals surface area contributed by atoms with E-state index in [9.17, 15) is 9.59 Å². The molecule has 0 saturated carbocycles. The molecule has 0 radical (unpaired) electrons. The van der Waals surface area contributed by atoms with Gasteiger partial charge in [-0.15, -0.1) is 0 Å². The van der Waals surface area contributed by atoms with Gasteiger partial charge in [-0.05, 0) is 19.1 Å². The molecule has 0 spiro atoms. The minimum Gasteiger partial charge on any atom is -0.482 e.